The molecule has 1 fully saturated rings. The van der Waals surface area contributed by atoms with E-state index in [1.807, 2.05) is 4.90 Å². The summed E-state index contributed by atoms with van der Waals surface area (Å²) in [7, 11) is 2.09. The van der Waals surface area contributed by atoms with Crippen LogP contribution in [0.5, 0.6) is 0 Å². The summed E-state index contributed by atoms with van der Waals surface area (Å²) in [4.78, 5) is 21.6. The van der Waals surface area contributed by atoms with Crippen LogP contribution in [-0.4, -0.2) is 60.5 Å². The van der Waals surface area contributed by atoms with Crippen molar-refractivity contribution in [1.29, 1.82) is 0 Å². The molecule has 0 aliphatic carbocycles. The van der Waals surface area contributed by atoms with Crippen molar-refractivity contribution in [3.63, 3.8) is 0 Å². The number of carbonyl (C=O) groups excluding carboxylic acids is 1. The molecule has 2 rings (SSSR count). The minimum absolute atomic E-state index is 0.0119. The summed E-state index contributed by atoms with van der Waals surface area (Å²) in [6.07, 6.45) is 0.999. The second-order valence-electron chi connectivity index (χ2n) is 5.96. The molecule has 0 saturated carbocycles. The summed E-state index contributed by atoms with van der Waals surface area (Å²) in [5, 5.41) is 3.96. The summed E-state index contributed by atoms with van der Waals surface area (Å²) in [6.45, 7) is 8.56. The Bertz CT molecular complexity index is 488. The quantitative estimate of drug-likeness (QED) is 0.883. The molecular formula is C14H25N5OS. The highest BCUT2D eigenvalue weighted by Crippen LogP contribution is 2.26. The lowest BCUT2D eigenvalue weighted by Gasteiger charge is -2.19. The van der Waals surface area contributed by atoms with E-state index in [0.29, 0.717) is 16.6 Å². The van der Waals surface area contributed by atoms with Gasteiger partial charge in [-0.25, -0.2) is 4.98 Å². The minimum Gasteiger partial charge on any atom is -0.382 e. The maximum Gasteiger partial charge on any atom is 0.267 e. The lowest BCUT2D eigenvalue weighted by atomic mass is 10.2. The Morgan fingerprint density at radius 3 is 2.86 bits per heavy atom. The number of hydrogen-bond donors (Lipinski definition) is 2. The number of nitrogens with zero attached hydrogens (tertiary/aromatic N) is 3. The first-order valence-corrected chi connectivity index (χ1v) is 8.27. The molecule has 0 radical (unpaired) electrons. The molecule has 6 nitrogen and oxygen atoms in total. The van der Waals surface area contributed by atoms with E-state index in [9.17, 15) is 4.79 Å². The van der Waals surface area contributed by atoms with Gasteiger partial charge in [-0.05, 0) is 25.9 Å². The molecule has 7 heteroatoms. The molecule has 21 heavy (non-hydrogen) atoms. The lowest BCUT2D eigenvalue weighted by Crippen LogP contribution is -2.34. The molecular weight excluding hydrogens is 286 g/mol. The molecule has 0 spiro atoms. The Balaban J connectivity index is 2.04. The molecule has 2 heterocycles. The van der Waals surface area contributed by atoms with E-state index >= 15 is 0 Å². The van der Waals surface area contributed by atoms with Crippen molar-refractivity contribution in [2.24, 2.45) is 5.92 Å². The summed E-state index contributed by atoms with van der Waals surface area (Å²) in [5.74, 6) is 0.877. The topological polar surface area (TPSA) is 74.5 Å². The van der Waals surface area contributed by atoms with E-state index in [4.69, 9.17) is 5.73 Å². The smallest absolute Gasteiger partial charge is 0.267 e. The molecule has 1 aliphatic heterocycles. The summed E-state index contributed by atoms with van der Waals surface area (Å²) >= 11 is 1.36. The van der Waals surface area contributed by atoms with Gasteiger partial charge in [-0.15, -0.1) is 0 Å². The Morgan fingerprint density at radius 2 is 2.14 bits per heavy atom. The van der Waals surface area contributed by atoms with E-state index in [0.717, 1.165) is 44.3 Å². The number of anilines is 2. The number of nitrogen functional groups attached to an aromatic ring is 1. The Kier molecular flexibility index (Phi) is 5.41. The molecule has 118 valence electrons. The van der Waals surface area contributed by atoms with Crippen molar-refractivity contribution in [1.82, 2.24) is 14.8 Å². The highest BCUT2D eigenvalue weighted by molar-refractivity contribution is 7.18. The van der Waals surface area contributed by atoms with Crippen LogP contribution in [0.4, 0.5) is 10.9 Å². The number of carbonyl (C=O) groups is 1. The van der Waals surface area contributed by atoms with Crippen LogP contribution in [-0.2, 0) is 0 Å². The van der Waals surface area contributed by atoms with Crippen LogP contribution in [0.3, 0.4) is 0 Å². The minimum atomic E-state index is 0.0119. The molecule has 1 aromatic rings. The Labute approximate surface area is 130 Å². The molecule has 0 unspecified atom stereocenters. The van der Waals surface area contributed by atoms with Gasteiger partial charge in [-0.3, -0.25) is 4.79 Å². The number of rotatable bonds is 4. The van der Waals surface area contributed by atoms with Crippen LogP contribution in [0.15, 0.2) is 0 Å². The van der Waals surface area contributed by atoms with E-state index in [1.165, 1.54) is 11.3 Å². The maximum absolute atomic E-state index is 12.6. The van der Waals surface area contributed by atoms with Gasteiger partial charge >= 0.3 is 0 Å². The Hall–Kier alpha value is -1.34. The molecule has 1 saturated heterocycles. The first-order valence-electron chi connectivity index (χ1n) is 7.45. The van der Waals surface area contributed by atoms with Crippen molar-refractivity contribution >= 4 is 28.2 Å². The highest BCUT2D eigenvalue weighted by atomic mass is 32.1. The zero-order valence-corrected chi connectivity index (χ0v) is 13.9. The number of thiazole rings is 1. The van der Waals surface area contributed by atoms with E-state index in [-0.39, 0.29) is 5.91 Å². The monoisotopic (exact) mass is 311 g/mol. The zero-order chi connectivity index (χ0) is 15.4. The predicted molar refractivity (Wildman–Crippen MR) is 87.9 cm³/mol. The maximum atomic E-state index is 12.6. The number of aromatic nitrogens is 1. The first kappa shape index (κ1) is 16.0. The van der Waals surface area contributed by atoms with E-state index < -0.39 is 0 Å². The van der Waals surface area contributed by atoms with Crippen molar-refractivity contribution in [3.8, 4) is 0 Å². The van der Waals surface area contributed by atoms with Crippen molar-refractivity contribution in [2.45, 2.75) is 20.3 Å². The van der Waals surface area contributed by atoms with Gasteiger partial charge in [0.25, 0.3) is 5.91 Å². The van der Waals surface area contributed by atoms with Crippen molar-refractivity contribution < 1.29 is 4.79 Å². The summed E-state index contributed by atoms with van der Waals surface area (Å²) in [5.41, 5.74) is 5.92. The summed E-state index contributed by atoms with van der Waals surface area (Å²) in [6, 6.07) is 0. The molecule has 3 N–H and O–H groups in total. The molecule has 0 bridgehead atoms. The van der Waals surface area contributed by atoms with Gasteiger partial charge in [0.2, 0.25) is 0 Å². The molecule has 1 amide bonds. The fraction of sp³-hybridized carbons (Fsp3) is 0.714. The van der Waals surface area contributed by atoms with Crippen LogP contribution < -0.4 is 11.1 Å². The Morgan fingerprint density at radius 1 is 1.38 bits per heavy atom. The number of nitrogens with one attached hydrogen (secondary N) is 1. The van der Waals surface area contributed by atoms with Crippen LogP contribution >= 0.6 is 11.3 Å². The van der Waals surface area contributed by atoms with Gasteiger partial charge < -0.3 is 20.9 Å². The van der Waals surface area contributed by atoms with Gasteiger partial charge in [0.15, 0.2) is 5.13 Å². The second-order valence-corrected chi connectivity index (χ2v) is 6.96. The third-order valence-electron chi connectivity index (χ3n) is 3.52. The fourth-order valence-corrected chi connectivity index (χ4v) is 3.10. The lowest BCUT2D eigenvalue weighted by molar-refractivity contribution is 0.0768. The third-order valence-corrected chi connectivity index (χ3v) is 4.53. The van der Waals surface area contributed by atoms with E-state index in [1.54, 1.807) is 0 Å². The number of hydrogen-bond acceptors (Lipinski definition) is 6. The van der Waals surface area contributed by atoms with Gasteiger partial charge in [-0.1, -0.05) is 25.2 Å². The van der Waals surface area contributed by atoms with Gasteiger partial charge in [0, 0.05) is 26.2 Å². The number of nitrogens with two attached hydrogens (primary N) is 1. The average Bonchev–Trinajstić information content (AvgIpc) is 2.66. The van der Waals surface area contributed by atoms with Gasteiger partial charge in [0.05, 0.1) is 0 Å². The number of likely N-dealkylation sites (N-methyl/N-ethyl adjacent to an activating group) is 1. The normalized spacial score (nSPS) is 17.0. The largest absolute Gasteiger partial charge is 0.382 e. The van der Waals surface area contributed by atoms with Crippen LogP contribution in [0.1, 0.15) is 29.9 Å². The average molecular weight is 311 g/mol. The standard InChI is InChI=1S/C14H25N5OS/c1-10(2)9-16-14-17-12(15)11(21-14)13(20)19-6-4-5-18(3)7-8-19/h10H,4-9,15H2,1-3H3,(H,16,17). The molecule has 1 aliphatic rings. The van der Waals surface area contributed by atoms with Crippen molar-refractivity contribution in [2.75, 3.05) is 50.8 Å². The number of amides is 1. The summed E-state index contributed by atoms with van der Waals surface area (Å²) < 4.78 is 0. The SMILES string of the molecule is CC(C)CNc1nc(N)c(C(=O)N2CCCN(C)CC2)s1. The van der Waals surface area contributed by atoms with Crippen LogP contribution in [0.25, 0.3) is 0 Å². The predicted octanol–water partition coefficient (Wildman–Crippen LogP) is 1.57. The fourth-order valence-electron chi connectivity index (χ4n) is 2.25. The van der Waals surface area contributed by atoms with E-state index in [2.05, 4.69) is 36.1 Å². The van der Waals surface area contributed by atoms with Crippen LogP contribution in [0, 0.1) is 5.92 Å². The highest BCUT2D eigenvalue weighted by Gasteiger charge is 2.23. The van der Waals surface area contributed by atoms with Crippen LogP contribution in [0.2, 0.25) is 0 Å². The third kappa shape index (κ3) is 4.31. The second kappa shape index (κ2) is 7.09. The zero-order valence-electron chi connectivity index (χ0n) is 13.1. The first-order chi connectivity index (χ1) is 9.97. The molecule has 0 atom stereocenters. The van der Waals surface area contributed by atoms with Gasteiger partial charge in [0.1, 0.15) is 10.7 Å². The van der Waals surface area contributed by atoms with Gasteiger partial charge in [-0.2, -0.15) is 0 Å². The van der Waals surface area contributed by atoms with Crippen molar-refractivity contribution in [3.05, 3.63) is 4.88 Å². The molecule has 0 aromatic carbocycles. The molecule has 1 aromatic heterocycles.